The van der Waals surface area contributed by atoms with Crippen molar-refractivity contribution in [2.45, 2.75) is 12.8 Å². The molecule has 1 nitrogen and oxygen atoms in total. The molecule has 0 rings (SSSR count). The Balaban J connectivity index is 0. The fourth-order valence-corrected chi connectivity index (χ4v) is 0.112. The monoisotopic (exact) mass is 80.1 g/mol. The molecule has 0 radical (unpaired) electrons. The zero-order chi connectivity index (χ0) is 4.12. The minimum atomic E-state index is 0. The number of hydrogen-bond acceptors (Lipinski definition) is 1. The van der Waals surface area contributed by atoms with E-state index in [4.69, 9.17) is 5.11 Å². The molecule has 0 aliphatic carbocycles. The Morgan fingerprint density at radius 2 is 2.00 bits per heavy atom. The van der Waals surface area contributed by atoms with Crippen LogP contribution in [0.1, 0.15) is 12.8 Å². The molecule has 6 heavy (non-hydrogen) atoms. The van der Waals surface area contributed by atoms with Crippen molar-refractivity contribution in [3.8, 4) is 0 Å². The summed E-state index contributed by atoms with van der Waals surface area (Å²) in [7, 11) is 0. The number of rotatable bonds is 2. The van der Waals surface area contributed by atoms with E-state index in [9.17, 15) is 0 Å². The van der Waals surface area contributed by atoms with Crippen molar-refractivity contribution >= 4 is 0 Å². The van der Waals surface area contributed by atoms with Gasteiger partial charge in [-0.1, -0.05) is 6.42 Å². The first-order valence-corrected chi connectivity index (χ1v) is 1.82. The fraction of sp³-hybridized carbons (Fsp3) is 0.750. The zero-order valence-corrected chi connectivity index (χ0v) is 4.28. The first kappa shape index (κ1) is 9.75. The Kier molecular flexibility index (Phi) is 14.8. The predicted octanol–water partition coefficient (Wildman–Crippen LogP) is -2.40. The second-order valence-corrected chi connectivity index (χ2v) is 0.931. The van der Waals surface area contributed by atoms with Gasteiger partial charge in [-0.3, -0.25) is 0 Å². The molecule has 32 valence electrons. The fourth-order valence-electron chi connectivity index (χ4n) is 0.112. The summed E-state index contributed by atoms with van der Waals surface area (Å²) in [5.74, 6) is 0. The molecule has 0 unspecified atom stereocenters. The molecule has 0 aromatic heterocycles. The van der Waals surface area contributed by atoms with Gasteiger partial charge in [0, 0.05) is 6.61 Å². The smallest absolute Gasteiger partial charge is 0.396 e. The van der Waals surface area contributed by atoms with Crippen LogP contribution < -0.4 is 18.9 Å². The average Bonchev–Trinajstić information content (AvgIpc) is 1.41. The summed E-state index contributed by atoms with van der Waals surface area (Å²) in [4.78, 5) is 0. The molecule has 0 aliphatic rings. The van der Waals surface area contributed by atoms with Gasteiger partial charge in [0.1, 0.15) is 0 Å². The number of hydrogen-bond donors (Lipinski definition) is 1. The standard InChI is InChI=1S/C4H9O.Li/c1-2-3-4-5;/h5H,1-4H2;/q-1;+1. The summed E-state index contributed by atoms with van der Waals surface area (Å²) >= 11 is 0. The van der Waals surface area contributed by atoms with Crippen molar-refractivity contribution in [2.24, 2.45) is 0 Å². The second-order valence-electron chi connectivity index (χ2n) is 0.931. The first-order valence-electron chi connectivity index (χ1n) is 1.82. The second kappa shape index (κ2) is 9.12. The molecule has 0 atom stereocenters. The van der Waals surface area contributed by atoms with Crippen LogP contribution in [0.25, 0.3) is 0 Å². The number of unbranched alkanes of at least 4 members (excludes halogenated alkanes) is 1. The van der Waals surface area contributed by atoms with E-state index in [0.29, 0.717) is 0 Å². The van der Waals surface area contributed by atoms with Crippen LogP contribution in [-0.4, -0.2) is 11.7 Å². The van der Waals surface area contributed by atoms with Gasteiger partial charge in [0.05, 0.1) is 0 Å². The van der Waals surface area contributed by atoms with E-state index < -0.39 is 0 Å². The van der Waals surface area contributed by atoms with E-state index in [1.54, 1.807) is 0 Å². The maximum Gasteiger partial charge on any atom is 1.00 e. The maximum atomic E-state index is 8.03. The van der Waals surface area contributed by atoms with E-state index in [-0.39, 0.29) is 25.5 Å². The molecule has 2 heteroatoms. The Hall–Kier alpha value is 0.557. The van der Waals surface area contributed by atoms with E-state index in [0.717, 1.165) is 12.8 Å². The molecule has 0 heterocycles. The van der Waals surface area contributed by atoms with Crippen LogP contribution in [-0.2, 0) is 0 Å². The van der Waals surface area contributed by atoms with Gasteiger partial charge in [-0.2, -0.15) is 6.42 Å². The normalized spacial score (nSPS) is 7.00. The third-order valence-electron chi connectivity index (χ3n) is 0.408. The summed E-state index contributed by atoms with van der Waals surface area (Å²) in [5.41, 5.74) is 0. The minimum Gasteiger partial charge on any atom is -0.396 e. The summed E-state index contributed by atoms with van der Waals surface area (Å²) in [6.07, 6.45) is 1.68. The molecule has 0 aromatic rings. The summed E-state index contributed by atoms with van der Waals surface area (Å²) in [5, 5.41) is 8.03. The third kappa shape index (κ3) is 8.82. The van der Waals surface area contributed by atoms with E-state index in [2.05, 4.69) is 6.92 Å². The van der Waals surface area contributed by atoms with Crippen molar-refractivity contribution in [1.82, 2.24) is 0 Å². The van der Waals surface area contributed by atoms with Gasteiger partial charge in [-0.15, -0.1) is 0 Å². The Bertz CT molecular complexity index is 15.0. The van der Waals surface area contributed by atoms with Crippen LogP contribution in [0.5, 0.6) is 0 Å². The summed E-state index contributed by atoms with van der Waals surface area (Å²) in [6.45, 7) is 3.80. The van der Waals surface area contributed by atoms with Gasteiger partial charge in [-0.25, -0.2) is 0 Å². The Labute approximate surface area is 50.9 Å². The molecule has 0 spiro atoms. The van der Waals surface area contributed by atoms with Crippen LogP contribution >= 0.6 is 0 Å². The molecule has 0 saturated carbocycles. The SMILES string of the molecule is [CH2-]CCCO.[Li+]. The van der Waals surface area contributed by atoms with Crippen molar-refractivity contribution < 1.29 is 24.0 Å². The zero-order valence-electron chi connectivity index (χ0n) is 4.28. The van der Waals surface area contributed by atoms with Gasteiger partial charge < -0.3 is 12.0 Å². The average molecular weight is 80.1 g/mol. The number of aliphatic hydroxyl groups is 1. The van der Waals surface area contributed by atoms with Crippen LogP contribution in [0.2, 0.25) is 0 Å². The first-order chi connectivity index (χ1) is 2.41. The van der Waals surface area contributed by atoms with E-state index in [1.807, 2.05) is 0 Å². The van der Waals surface area contributed by atoms with Gasteiger partial charge in [0.15, 0.2) is 0 Å². The van der Waals surface area contributed by atoms with Crippen LogP contribution in [0.15, 0.2) is 0 Å². The molecule has 0 fully saturated rings. The molecular weight excluding hydrogens is 71.0 g/mol. The molecule has 0 amide bonds. The molecular formula is C4H9LiO. The molecule has 1 N–H and O–H groups in total. The van der Waals surface area contributed by atoms with Crippen molar-refractivity contribution in [1.29, 1.82) is 0 Å². The maximum absolute atomic E-state index is 8.03. The Morgan fingerprint density at radius 3 is 2.00 bits per heavy atom. The van der Waals surface area contributed by atoms with Gasteiger partial charge in [0.2, 0.25) is 0 Å². The van der Waals surface area contributed by atoms with Crippen molar-refractivity contribution in [2.75, 3.05) is 6.61 Å². The third-order valence-corrected chi connectivity index (χ3v) is 0.408. The van der Waals surface area contributed by atoms with Crippen LogP contribution in [0.4, 0.5) is 0 Å². The number of aliphatic hydroxyl groups excluding tert-OH is 1. The summed E-state index contributed by atoms with van der Waals surface area (Å²) in [6, 6.07) is 0. The molecule has 0 bridgehead atoms. The van der Waals surface area contributed by atoms with Crippen molar-refractivity contribution in [3.63, 3.8) is 0 Å². The topological polar surface area (TPSA) is 20.2 Å². The minimum absolute atomic E-state index is 0. The van der Waals surface area contributed by atoms with E-state index >= 15 is 0 Å². The molecule has 0 aromatic carbocycles. The van der Waals surface area contributed by atoms with Crippen molar-refractivity contribution in [3.05, 3.63) is 6.92 Å². The van der Waals surface area contributed by atoms with Gasteiger partial charge >= 0.3 is 18.9 Å². The molecule has 0 aliphatic heterocycles. The quantitative estimate of drug-likeness (QED) is 0.289. The van der Waals surface area contributed by atoms with Gasteiger partial charge in [0.25, 0.3) is 0 Å². The largest absolute Gasteiger partial charge is 1.00 e. The molecule has 0 saturated heterocycles. The van der Waals surface area contributed by atoms with Crippen LogP contribution in [0.3, 0.4) is 0 Å². The Morgan fingerprint density at radius 1 is 1.50 bits per heavy atom. The predicted molar refractivity (Wildman–Crippen MR) is 21.7 cm³/mol. The van der Waals surface area contributed by atoms with E-state index in [1.165, 1.54) is 0 Å². The summed E-state index contributed by atoms with van der Waals surface area (Å²) < 4.78 is 0. The van der Waals surface area contributed by atoms with Gasteiger partial charge in [-0.05, 0) is 0 Å². The van der Waals surface area contributed by atoms with Crippen LogP contribution in [0, 0.1) is 6.92 Å².